The molecule has 1 fully saturated rings. The normalized spacial score (nSPS) is 16.4. The maximum absolute atomic E-state index is 12.5. The predicted molar refractivity (Wildman–Crippen MR) is 98.2 cm³/mol. The molecule has 1 amide bonds. The molecule has 0 unspecified atom stereocenters. The molecule has 0 saturated heterocycles. The van der Waals surface area contributed by atoms with Gasteiger partial charge in [-0.15, -0.1) is 10.2 Å². The van der Waals surface area contributed by atoms with Gasteiger partial charge in [-0.2, -0.15) is 5.26 Å². The van der Waals surface area contributed by atoms with Crippen LogP contribution in [0.4, 0.5) is 5.13 Å². The highest BCUT2D eigenvalue weighted by Crippen LogP contribution is 2.33. The number of thioether (sulfide) groups is 1. The zero-order valence-electron chi connectivity index (χ0n) is 14.4. The van der Waals surface area contributed by atoms with Crippen LogP contribution >= 0.6 is 23.1 Å². The summed E-state index contributed by atoms with van der Waals surface area (Å²) < 4.78 is 0.783. The summed E-state index contributed by atoms with van der Waals surface area (Å²) in [5.74, 6) is 0.280. The molecule has 2 rings (SSSR count). The molecule has 6 nitrogen and oxygen atoms in total. The first-order chi connectivity index (χ1) is 11.6. The van der Waals surface area contributed by atoms with Gasteiger partial charge in [0, 0.05) is 13.6 Å². The second-order valence-electron chi connectivity index (χ2n) is 6.10. The van der Waals surface area contributed by atoms with E-state index in [2.05, 4.69) is 28.5 Å². The molecule has 1 saturated carbocycles. The lowest BCUT2D eigenvalue weighted by atomic mass is 9.81. The summed E-state index contributed by atoms with van der Waals surface area (Å²) >= 11 is 2.87. The number of hydrogen-bond acceptors (Lipinski definition) is 7. The molecular formula is C16H25N5OS2. The molecule has 1 aliphatic rings. The van der Waals surface area contributed by atoms with Crippen LogP contribution in [0.15, 0.2) is 4.34 Å². The van der Waals surface area contributed by atoms with Crippen LogP contribution < -0.4 is 5.32 Å². The maximum atomic E-state index is 12.5. The van der Waals surface area contributed by atoms with Gasteiger partial charge in [-0.1, -0.05) is 55.7 Å². The first kappa shape index (κ1) is 19.0. The molecule has 0 bridgehead atoms. The number of anilines is 1. The summed E-state index contributed by atoms with van der Waals surface area (Å²) in [6, 6.07) is 2.39. The molecule has 1 aliphatic carbocycles. The average molecular weight is 368 g/mol. The second-order valence-corrected chi connectivity index (χ2v) is 8.30. The number of nitrogens with zero attached hydrogens (tertiary/aromatic N) is 4. The van der Waals surface area contributed by atoms with E-state index in [-0.39, 0.29) is 5.91 Å². The second kappa shape index (κ2) is 9.23. The zero-order valence-corrected chi connectivity index (χ0v) is 16.0. The Balaban J connectivity index is 1.85. The van der Waals surface area contributed by atoms with E-state index in [9.17, 15) is 10.1 Å². The van der Waals surface area contributed by atoms with Crippen molar-refractivity contribution in [3.05, 3.63) is 0 Å². The van der Waals surface area contributed by atoms with Gasteiger partial charge in [0.1, 0.15) is 5.54 Å². The lowest BCUT2D eigenvalue weighted by Crippen LogP contribution is -2.50. The molecule has 1 heterocycles. The van der Waals surface area contributed by atoms with Crippen molar-refractivity contribution in [3.8, 4) is 6.07 Å². The van der Waals surface area contributed by atoms with Crippen LogP contribution in [0.5, 0.6) is 0 Å². The number of nitriles is 1. The van der Waals surface area contributed by atoms with Gasteiger partial charge in [-0.25, -0.2) is 0 Å². The van der Waals surface area contributed by atoms with Crippen molar-refractivity contribution in [3.63, 3.8) is 0 Å². The Labute approximate surface area is 152 Å². The van der Waals surface area contributed by atoms with E-state index in [0.717, 1.165) is 61.0 Å². The smallest absolute Gasteiger partial charge is 0.234 e. The van der Waals surface area contributed by atoms with Gasteiger partial charge in [0.15, 0.2) is 4.34 Å². The molecule has 0 radical (unpaired) electrons. The number of hydrogen-bond donors (Lipinski definition) is 1. The third kappa shape index (κ3) is 4.84. The van der Waals surface area contributed by atoms with E-state index in [1.54, 1.807) is 11.9 Å². The molecular weight excluding hydrogens is 342 g/mol. The van der Waals surface area contributed by atoms with Crippen molar-refractivity contribution in [2.24, 2.45) is 0 Å². The summed E-state index contributed by atoms with van der Waals surface area (Å²) in [6.45, 7) is 3.04. The lowest BCUT2D eigenvalue weighted by molar-refractivity contribution is -0.131. The van der Waals surface area contributed by atoms with Gasteiger partial charge in [0.2, 0.25) is 11.0 Å². The number of nitrogens with one attached hydrogen (secondary N) is 1. The largest absolute Gasteiger partial charge is 0.360 e. The minimum atomic E-state index is -0.621. The molecule has 8 heteroatoms. The first-order valence-electron chi connectivity index (χ1n) is 8.49. The molecule has 1 aromatic rings. The Hall–Kier alpha value is -1.33. The van der Waals surface area contributed by atoms with Crippen molar-refractivity contribution >= 4 is 34.1 Å². The first-order valence-corrected chi connectivity index (χ1v) is 10.3. The standard InChI is InChI=1S/C16H25N5OS2/c1-3-4-10-18-14-19-20-15(24-14)23-11-13(22)21(2)16(12-17)8-6-5-7-9-16/h3-11H2,1-2H3,(H,18,19). The van der Waals surface area contributed by atoms with Crippen LogP contribution in [0.2, 0.25) is 0 Å². The highest BCUT2D eigenvalue weighted by molar-refractivity contribution is 8.01. The van der Waals surface area contributed by atoms with Crippen molar-refractivity contribution in [2.45, 2.75) is 61.7 Å². The Morgan fingerprint density at radius 2 is 2.17 bits per heavy atom. The Morgan fingerprint density at radius 1 is 1.42 bits per heavy atom. The van der Waals surface area contributed by atoms with Gasteiger partial charge in [-0.3, -0.25) is 4.79 Å². The lowest BCUT2D eigenvalue weighted by Gasteiger charge is -2.38. The van der Waals surface area contributed by atoms with E-state index in [1.807, 2.05) is 0 Å². The third-order valence-electron chi connectivity index (χ3n) is 4.44. The summed E-state index contributed by atoms with van der Waals surface area (Å²) in [4.78, 5) is 14.1. The molecule has 132 valence electrons. The molecule has 1 aromatic heterocycles. The summed E-state index contributed by atoms with van der Waals surface area (Å²) in [5.41, 5.74) is -0.621. The molecule has 0 aromatic carbocycles. The quantitative estimate of drug-likeness (QED) is 0.559. The number of unbranched alkanes of at least 4 members (excludes halogenated alkanes) is 1. The van der Waals surface area contributed by atoms with Crippen molar-refractivity contribution in [1.29, 1.82) is 5.26 Å². The van der Waals surface area contributed by atoms with Crippen LogP contribution in [0.1, 0.15) is 51.9 Å². The predicted octanol–water partition coefficient (Wildman–Crippen LogP) is 3.53. The highest BCUT2D eigenvalue weighted by atomic mass is 32.2. The van der Waals surface area contributed by atoms with Crippen LogP contribution in [0.25, 0.3) is 0 Å². The third-order valence-corrected chi connectivity index (χ3v) is 6.44. The average Bonchev–Trinajstić information content (AvgIpc) is 3.07. The van der Waals surface area contributed by atoms with Crippen LogP contribution in [-0.4, -0.2) is 45.9 Å². The van der Waals surface area contributed by atoms with Gasteiger partial charge in [0.25, 0.3) is 0 Å². The molecule has 24 heavy (non-hydrogen) atoms. The van der Waals surface area contributed by atoms with Crippen molar-refractivity contribution < 1.29 is 4.79 Å². The van der Waals surface area contributed by atoms with Gasteiger partial charge < -0.3 is 10.2 Å². The number of carbonyl (C=O) groups is 1. The number of amides is 1. The van der Waals surface area contributed by atoms with E-state index in [1.165, 1.54) is 23.1 Å². The summed E-state index contributed by atoms with van der Waals surface area (Å²) in [6.07, 6.45) is 6.97. The van der Waals surface area contributed by atoms with Crippen molar-refractivity contribution in [2.75, 3.05) is 24.7 Å². The molecule has 0 spiro atoms. The SMILES string of the molecule is CCCCNc1nnc(SCC(=O)N(C)C2(C#N)CCCCC2)s1. The van der Waals surface area contributed by atoms with Crippen LogP contribution in [-0.2, 0) is 4.79 Å². The molecule has 1 N–H and O–H groups in total. The fraction of sp³-hybridized carbons (Fsp3) is 0.750. The van der Waals surface area contributed by atoms with E-state index in [0.29, 0.717) is 5.75 Å². The van der Waals surface area contributed by atoms with E-state index >= 15 is 0 Å². The van der Waals surface area contributed by atoms with E-state index in [4.69, 9.17) is 0 Å². The number of aromatic nitrogens is 2. The van der Waals surface area contributed by atoms with Gasteiger partial charge in [-0.05, 0) is 19.3 Å². The fourth-order valence-electron chi connectivity index (χ4n) is 2.83. The number of rotatable bonds is 8. The van der Waals surface area contributed by atoms with Crippen LogP contribution in [0, 0.1) is 11.3 Å². The minimum Gasteiger partial charge on any atom is -0.360 e. The number of carbonyl (C=O) groups excluding carboxylic acids is 1. The highest BCUT2D eigenvalue weighted by Gasteiger charge is 2.38. The minimum absolute atomic E-state index is 0.0147. The zero-order chi connectivity index (χ0) is 17.4. The maximum Gasteiger partial charge on any atom is 0.234 e. The van der Waals surface area contributed by atoms with E-state index < -0.39 is 5.54 Å². The Bertz CT molecular complexity index is 577. The molecule has 0 atom stereocenters. The summed E-state index contributed by atoms with van der Waals surface area (Å²) in [7, 11) is 1.76. The van der Waals surface area contributed by atoms with Gasteiger partial charge >= 0.3 is 0 Å². The Kier molecular flexibility index (Phi) is 7.31. The van der Waals surface area contributed by atoms with Gasteiger partial charge in [0.05, 0.1) is 11.8 Å². The molecule has 0 aliphatic heterocycles. The Morgan fingerprint density at radius 3 is 2.83 bits per heavy atom. The fourth-order valence-corrected chi connectivity index (χ4v) is 4.52. The van der Waals surface area contributed by atoms with Crippen LogP contribution in [0.3, 0.4) is 0 Å². The monoisotopic (exact) mass is 367 g/mol. The topological polar surface area (TPSA) is 81.9 Å². The van der Waals surface area contributed by atoms with Crippen molar-refractivity contribution in [1.82, 2.24) is 15.1 Å². The summed E-state index contributed by atoms with van der Waals surface area (Å²) in [5, 5.41) is 21.8.